The van der Waals surface area contributed by atoms with Crippen LogP contribution in [0.25, 0.3) is 6.08 Å². The first-order valence-corrected chi connectivity index (χ1v) is 12.0. The second-order valence-corrected chi connectivity index (χ2v) is 9.60. The van der Waals surface area contributed by atoms with Gasteiger partial charge in [-0.2, -0.15) is 0 Å². The molecule has 2 amide bonds. The highest BCUT2D eigenvalue weighted by molar-refractivity contribution is 8.26. The van der Waals surface area contributed by atoms with Gasteiger partial charge in [0.25, 0.3) is 11.8 Å². The lowest BCUT2D eigenvalue weighted by molar-refractivity contribution is -0.123. The van der Waals surface area contributed by atoms with Crippen molar-refractivity contribution in [2.45, 2.75) is 40.7 Å². The van der Waals surface area contributed by atoms with Gasteiger partial charge in [-0.3, -0.25) is 14.5 Å². The smallest absolute Gasteiger partial charge is 0.266 e. The summed E-state index contributed by atoms with van der Waals surface area (Å²) < 4.78 is 12.0. The Balaban J connectivity index is 1.71. The van der Waals surface area contributed by atoms with Gasteiger partial charge in [-0.15, -0.1) is 0 Å². The number of rotatable bonds is 8. The van der Waals surface area contributed by atoms with Crippen molar-refractivity contribution in [2.75, 3.05) is 18.5 Å². The molecule has 6 nitrogen and oxygen atoms in total. The van der Waals surface area contributed by atoms with Crippen LogP contribution in [0.1, 0.15) is 37.5 Å². The van der Waals surface area contributed by atoms with E-state index in [0.717, 1.165) is 22.4 Å². The molecule has 1 fully saturated rings. The van der Waals surface area contributed by atoms with E-state index in [-0.39, 0.29) is 24.5 Å². The first kappa shape index (κ1) is 24.8. The van der Waals surface area contributed by atoms with Crippen LogP contribution in [0.15, 0.2) is 41.3 Å². The van der Waals surface area contributed by atoms with Gasteiger partial charge in [0.15, 0.2) is 18.1 Å². The van der Waals surface area contributed by atoms with Gasteiger partial charge in [0.2, 0.25) is 0 Å². The average molecular weight is 485 g/mol. The van der Waals surface area contributed by atoms with Crippen molar-refractivity contribution in [1.82, 2.24) is 4.90 Å². The number of carbonyl (C=O) groups is 2. The van der Waals surface area contributed by atoms with Crippen molar-refractivity contribution in [3.8, 4) is 11.5 Å². The molecule has 3 rings (SSSR count). The number of nitrogens with zero attached hydrogens (tertiary/aromatic N) is 1. The molecule has 0 unspecified atom stereocenters. The van der Waals surface area contributed by atoms with Crippen molar-refractivity contribution < 1.29 is 19.1 Å². The van der Waals surface area contributed by atoms with Gasteiger partial charge in [-0.1, -0.05) is 36.1 Å². The van der Waals surface area contributed by atoms with E-state index in [4.69, 9.17) is 21.7 Å². The standard InChI is InChI=1S/C25H28N2O4S2/c1-6-30-21-12-18(13-22-24(29)27(15(2)3)25(32)33-22)8-10-20(21)31-14-23(28)26-19-9-7-16(4)17(5)11-19/h7-13,15H,6,14H2,1-5H3,(H,26,28)/b22-13-. The molecular formula is C25H28N2O4S2. The molecule has 1 heterocycles. The van der Waals surface area contributed by atoms with Crippen LogP contribution in [-0.4, -0.2) is 40.3 Å². The van der Waals surface area contributed by atoms with Crippen LogP contribution < -0.4 is 14.8 Å². The number of hydrogen-bond donors (Lipinski definition) is 1. The fraction of sp³-hybridized carbons (Fsp3) is 0.320. The van der Waals surface area contributed by atoms with Gasteiger partial charge in [-0.05, 0) is 81.7 Å². The normalized spacial score (nSPS) is 14.8. The number of thiocarbonyl (C=S) groups is 1. The van der Waals surface area contributed by atoms with E-state index in [9.17, 15) is 9.59 Å². The number of nitrogens with one attached hydrogen (secondary N) is 1. The lowest BCUT2D eigenvalue weighted by Gasteiger charge is -2.18. The summed E-state index contributed by atoms with van der Waals surface area (Å²) in [6, 6.07) is 11.1. The summed E-state index contributed by atoms with van der Waals surface area (Å²) in [5.41, 5.74) is 3.78. The van der Waals surface area contributed by atoms with Crippen LogP contribution in [0.2, 0.25) is 0 Å². The van der Waals surface area contributed by atoms with Gasteiger partial charge >= 0.3 is 0 Å². The van der Waals surface area contributed by atoms with Gasteiger partial charge < -0.3 is 14.8 Å². The largest absolute Gasteiger partial charge is 0.490 e. The van der Waals surface area contributed by atoms with Crippen LogP contribution >= 0.6 is 24.0 Å². The fourth-order valence-corrected chi connectivity index (χ4v) is 4.76. The Hall–Kier alpha value is -2.84. The van der Waals surface area contributed by atoms with Gasteiger partial charge in [0.1, 0.15) is 4.32 Å². The molecule has 1 N–H and O–H groups in total. The monoisotopic (exact) mass is 484 g/mol. The first-order chi connectivity index (χ1) is 15.7. The highest BCUT2D eigenvalue weighted by Crippen LogP contribution is 2.35. The molecule has 0 spiro atoms. The third kappa shape index (κ3) is 6.15. The molecule has 33 heavy (non-hydrogen) atoms. The van der Waals surface area contributed by atoms with Crippen LogP contribution in [-0.2, 0) is 9.59 Å². The SMILES string of the molecule is CCOc1cc(/C=C2\SC(=S)N(C(C)C)C2=O)ccc1OCC(=O)Nc1ccc(C)c(C)c1. The molecule has 0 aliphatic carbocycles. The lowest BCUT2D eigenvalue weighted by Crippen LogP contribution is -2.34. The van der Waals surface area contributed by atoms with E-state index in [1.54, 1.807) is 23.1 Å². The highest BCUT2D eigenvalue weighted by atomic mass is 32.2. The number of anilines is 1. The van der Waals surface area contributed by atoms with Gasteiger partial charge in [0.05, 0.1) is 11.5 Å². The minimum atomic E-state index is -0.262. The molecule has 174 valence electrons. The Morgan fingerprint density at radius 3 is 2.52 bits per heavy atom. The Morgan fingerprint density at radius 1 is 1.12 bits per heavy atom. The van der Waals surface area contributed by atoms with Crippen LogP contribution in [0.4, 0.5) is 5.69 Å². The molecule has 0 bridgehead atoms. The maximum Gasteiger partial charge on any atom is 0.266 e. The quantitative estimate of drug-likeness (QED) is 0.404. The van der Waals surface area contributed by atoms with Crippen molar-refractivity contribution >= 4 is 51.9 Å². The topological polar surface area (TPSA) is 67.9 Å². The van der Waals surface area contributed by atoms with Crippen LogP contribution in [0, 0.1) is 13.8 Å². The molecular weight excluding hydrogens is 456 g/mol. The van der Waals surface area contributed by atoms with E-state index in [1.807, 2.05) is 58.9 Å². The third-order valence-corrected chi connectivity index (χ3v) is 6.39. The van der Waals surface area contributed by atoms with E-state index < -0.39 is 0 Å². The predicted octanol–water partition coefficient (Wildman–Crippen LogP) is 5.33. The number of thioether (sulfide) groups is 1. The maximum atomic E-state index is 12.7. The third-order valence-electron chi connectivity index (χ3n) is 5.05. The zero-order chi connectivity index (χ0) is 24.1. The Morgan fingerprint density at radius 2 is 1.88 bits per heavy atom. The predicted molar refractivity (Wildman–Crippen MR) is 138 cm³/mol. The van der Waals surface area contributed by atoms with E-state index in [1.165, 1.54) is 11.8 Å². The molecule has 1 aliphatic heterocycles. The minimum absolute atomic E-state index is 0.00753. The molecule has 2 aromatic rings. The van der Waals surface area contributed by atoms with Crippen molar-refractivity contribution in [2.24, 2.45) is 0 Å². The number of benzene rings is 2. The fourth-order valence-electron chi connectivity index (χ4n) is 3.24. The van der Waals surface area contributed by atoms with Crippen LogP contribution in [0.5, 0.6) is 11.5 Å². The number of aryl methyl sites for hydroxylation is 2. The molecule has 2 aromatic carbocycles. The Labute approximate surface area is 204 Å². The lowest BCUT2D eigenvalue weighted by atomic mass is 10.1. The zero-order valence-electron chi connectivity index (χ0n) is 19.4. The average Bonchev–Trinajstić information content (AvgIpc) is 3.03. The van der Waals surface area contributed by atoms with E-state index >= 15 is 0 Å². The van der Waals surface area contributed by atoms with Crippen molar-refractivity contribution in [3.63, 3.8) is 0 Å². The number of carbonyl (C=O) groups excluding carboxylic acids is 2. The maximum absolute atomic E-state index is 12.7. The van der Waals surface area contributed by atoms with Crippen molar-refractivity contribution in [1.29, 1.82) is 0 Å². The van der Waals surface area contributed by atoms with Gasteiger partial charge in [0, 0.05) is 11.7 Å². The minimum Gasteiger partial charge on any atom is -0.490 e. The summed E-state index contributed by atoms with van der Waals surface area (Å²) >= 11 is 6.63. The highest BCUT2D eigenvalue weighted by Gasteiger charge is 2.33. The molecule has 8 heteroatoms. The van der Waals surface area contributed by atoms with Gasteiger partial charge in [-0.25, -0.2) is 0 Å². The number of amides is 2. The second kappa shape index (κ2) is 10.9. The van der Waals surface area contributed by atoms with E-state index in [0.29, 0.717) is 27.3 Å². The molecule has 1 aliphatic rings. The zero-order valence-corrected chi connectivity index (χ0v) is 21.1. The summed E-state index contributed by atoms with van der Waals surface area (Å²) in [5.74, 6) is 0.604. The summed E-state index contributed by atoms with van der Waals surface area (Å²) in [7, 11) is 0. The van der Waals surface area contributed by atoms with Crippen molar-refractivity contribution in [3.05, 3.63) is 58.0 Å². The summed E-state index contributed by atoms with van der Waals surface area (Å²) in [4.78, 5) is 27.2. The molecule has 0 aromatic heterocycles. The summed E-state index contributed by atoms with van der Waals surface area (Å²) in [6.07, 6.45) is 1.79. The molecule has 0 saturated carbocycles. The molecule has 0 radical (unpaired) electrons. The van der Waals surface area contributed by atoms with Crippen LogP contribution in [0.3, 0.4) is 0 Å². The summed E-state index contributed by atoms with van der Waals surface area (Å²) in [5, 5.41) is 2.84. The molecule has 1 saturated heterocycles. The summed E-state index contributed by atoms with van der Waals surface area (Å²) in [6.45, 7) is 10.0. The second-order valence-electron chi connectivity index (χ2n) is 7.92. The Bertz CT molecular complexity index is 1110. The Kier molecular flexibility index (Phi) is 8.15. The van der Waals surface area contributed by atoms with E-state index in [2.05, 4.69) is 5.32 Å². The first-order valence-electron chi connectivity index (χ1n) is 10.7. The number of hydrogen-bond acceptors (Lipinski definition) is 6. The number of ether oxygens (including phenoxy) is 2. The molecule has 0 atom stereocenters.